The quantitative estimate of drug-likeness (QED) is 0.254. The van der Waals surface area contributed by atoms with Gasteiger partial charge in [0.1, 0.15) is 0 Å². The molecule has 0 heterocycles. The molecule has 4 aromatic carbocycles. The molecule has 0 aliphatic rings. The highest BCUT2D eigenvalue weighted by Gasteiger charge is 2.17. The van der Waals surface area contributed by atoms with Crippen LogP contribution in [0.5, 0.6) is 0 Å². The first-order valence-electron chi connectivity index (χ1n) is 10.0. The summed E-state index contributed by atoms with van der Waals surface area (Å²) in [6.45, 7) is 6.66. The van der Waals surface area contributed by atoms with E-state index < -0.39 is 0 Å². The van der Waals surface area contributed by atoms with Gasteiger partial charge in [-0.05, 0) is 106 Å². The van der Waals surface area contributed by atoms with Gasteiger partial charge in [0.25, 0.3) is 0 Å². The molecule has 0 amide bonds. The molecule has 0 saturated heterocycles. The molecule has 144 valence electrons. The van der Waals surface area contributed by atoms with E-state index in [0.717, 1.165) is 6.42 Å². The first-order chi connectivity index (χ1) is 14.0. The lowest BCUT2D eigenvalue weighted by atomic mass is 9.84. The van der Waals surface area contributed by atoms with E-state index in [9.17, 15) is 0 Å². The number of halogens is 1. The Labute approximate surface area is 187 Å². The van der Waals surface area contributed by atoms with E-state index in [1.165, 1.54) is 53.6 Å². The van der Waals surface area contributed by atoms with Gasteiger partial charge in [-0.3, -0.25) is 0 Å². The Bertz CT molecular complexity index is 1140. The van der Waals surface area contributed by atoms with Crippen LogP contribution in [0.4, 0.5) is 0 Å². The van der Waals surface area contributed by atoms with Gasteiger partial charge >= 0.3 is 0 Å². The van der Waals surface area contributed by atoms with Crippen molar-refractivity contribution in [1.82, 2.24) is 0 Å². The Morgan fingerprint density at radius 2 is 1.24 bits per heavy atom. The van der Waals surface area contributed by atoms with Gasteiger partial charge in [0.05, 0.1) is 0 Å². The van der Waals surface area contributed by atoms with Gasteiger partial charge in [0.15, 0.2) is 0 Å². The largest absolute Gasteiger partial charge is 0.0622 e. The van der Waals surface area contributed by atoms with Gasteiger partial charge in [-0.25, -0.2) is 0 Å². The maximum absolute atomic E-state index is 2.46. The minimum absolute atomic E-state index is 0.921. The van der Waals surface area contributed by atoms with Crippen molar-refractivity contribution < 1.29 is 0 Å². The Morgan fingerprint density at radius 3 is 1.93 bits per heavy atom. The van der Waals surface area contributed by atoms with E-state index in [0.29, 0.717) is 0 Å². The van der Waals surface area contributed by atoms with Crippen molar-refractivity contribution in [3.63, 3.8) is 0 Å². The first-order valence-corrected chi connectivity index (χ1v) is 11.1. The molecule has 4 aromatic rings. The Kier molecular flexibility index (Phi) is 5.86. The number of hydrogen-bond acceptors (Lipinski definition) is 0. The third-order valence-electron chi connectivity index (χ3n) is 5.53. The molecule has 1 heteroatoms. The summed E-state index contributed by atoms with van der Waals surface area (Å²) < 4.78 is 1.29. The van der Waals surface area contributed by atoms with Crippen molar-refractivity contribution in [1.29, 1.82) is 0 Å². The average Bonchev–Trinajstić information content (AvgIpc) is 2.71. The highest BCUT2D eigenvalue weighted by atomic mass is 127. The molecule has 29 heavy (non-hydrogen) atoms. The number of hydrogen-bond donors (Lipinski definition) is 0. The van der Waals surface area contributed by atoms with Crippen LogP contribution < -0.4 is 0 Å². The van der Waals surface area contributed by atoms with Gasteiger partial charge < -0.3 is 0 Å². The minimum Gasteiger partial charge on any atom is -0.0622 e. The van der Waals surface area contributed by atoms with E-state index in [1.807, 2.05) is 0 Å². The lowest BCUT2D eigenvalue weighted by molar-refractivity contribution is 1.18. The third kappa shape index (κ3) is 4.16. The van der Waals surface area contributed by atoms with Crippen LogP contribution in [0.2, 0.25) is 0 Å². The van der Waals surface area contributed by atoms with E-state index in [4.69, 9.17) is 0 Å². The van der Waals surface area contributed by atoms with Crippen LogP contribution >= 0.6 is 22.6 Å². The summed E-state index contributed by atoms with van der Waals surface area (Å²) in [5, 5.41) is 0. The summed E-state index contributed by atoms with van der Waals surface area (Å²) in [7, 11) is 0. The van der Waals surface area contributed by atoms with Crippen LogP contribution in [0.25, 0.3) is 22.3 Å². The Morgan fingerprint density at radius 1 is 0.621 bits per heavy atom. The van der Waals surface area contributed by atoms with Crippen molar-refractivity contribution in [2.24, 2.45) is 0 Å². The SMILES string of the molecule is Cc1cc(-c2ccccc2I)c(Cc2ccccc2)c(-c2c(C)cccc2C)c1. The number of benzene rings is 4. The van der Waals surface area contributed by atoms with E-state index in [-0.39, 0.29) is 0 Å². The predicted molar refractivity (Wildman–Crippen MR) is 133 cm³/mol. The monoisotopic (exact) mass is 488 g/mol. The fraction of sp³-hybridized carbons (Fsp3) is 0.143. The molecule has 0 fully saturated rings. The maximum Gasteiger partial charge on any atom is 0.0208 e. The predicted octanol–water partition coefficient (Wildman–Crippen LogP) is 8.14. The van der Waals surface area contributed by atoms with Crippen molar-refractivity contribution in [3.05, 3.63) is 116 Å². The normalized spacial score (nSPS) is 10.9. The summed E-state index contributed by atoms with van der Waals surface area (Å²) in [5.41, 5.74) is 12.1. The molecular weight excluding hydrogens is 463 g/mol. The molecule has 4 rings (SSSR count). The molecule has 0 bridgehead atoms. The molecule has 0 aliphatic heterocycles. The molecule has 0 spiro atoms. The smallest absolute Gasteiger partial charge is 0.0208 e. The summed E-state index contributed by atoms with van der Waals surface area (Å²) in [4.78, 5) is 0. The van der Waals surface area contributed by atoms with Gasteiger partial charge in [-0.2, -0.15) is 0 Å². The molecule has 0 atom stereocenters. The zero-order valence-electron chi connectivity index (χ0n) is 17.2. The third-order valence-corrected chi connectivity index (χ3v) is 6.47. The average molecular weight is 488 g/mol. The highest BCUT2D eigenvalue weighted by Crippen LogP contribution is 2.39. The highest BCUT2D eigenvalue weighted by molar-refractivity contribution is 14.1. The Balaban J connectivity index is 2.04. The molecule has 0 saturated carbocycles. The van der Waals surface area contributed by atoms with E-state index >= 15 is 0 Å². The first kappa shape index (κ1) is 19.9. The molecule has 0 N–H and O–H groups in total. The summed E-state index contributed by atoms with van der Waals surface area (Å²) in [6.07, 6.45) is 0.921. The lowest BCUT2D eigenvalue weighted by Crippen LogP contribution is -2.01. The second-order valence-corrected chi connectivity index (χ2v) is 8.91. The zero-order valence-corrected chi connectivity index (χ0v) is 19.3. The van der Waals surface area contributed by atoms with Crippen molar-refractivity contribution in [2.45, 2.75) is 27.2 Å². The molecule has 0 unspecified atom stereocenters. The summed E-state index contributed by atoms with van der Waals surface area (Å²) >= 11 is 2.46. The van der Waals surface area contributed by atoms with Gasteiger partial charge in [-0.1, -0.05) is 78.9 Å². The second kappa shape index (κ2) is 8.54. The zero-order chi connectivity index (χ0) is 20.4. The summed E-state index contributed by atoms with van der Waals surface area (Å²) in [5.74, 6) is 0. The van der Waals surface area contributed by atoms with Crippen LogP contribution in [-0.2, 0) is 6.42 Å². The van der Waals surface area contributed by atoms with Crippen LogP contribution in [0.3, 0.4) is 0 Å². The molecule has 0 aromatic heterocycles. The fourth-order valence-electron chi connectivity index (χ4n) is 4.19. The van der Waals surface area contributed by atoms with Crippen molar-refractivity contribution in [2.75, 3.05) is 0 Å². The maximum atomic E-state index is 2.46. The van der Waals surface area contributed by atoms with E-state index in [2.05, 4.69) is 128 Å². The topological polar surface area (TPSA) is 0 Å². The van der Waals surface area contributed by atoms with Gasteiger partial charge in [0.2, 0.25) is 0 Å². The van der Waals surface area contributed by atoms with Gasteiger partial charge in [0, 0.05) is 3.57 Å². The number of aryl methyl sites for hydroxylation is 3. The number of rotatable bonds is 4. The second-order valence-electron chi connectivity index (χ2n) is 7.75. The molecule has 0 aliphatic carbocycles. The lowest BCUT2D eigenvalue weighted by Gasteiger charge is -2.21. The molecule has 0 radical (unpaired) electrons. The molecular formula is C28H25I. The van der Waals surface area contributed by atoms with Gasteiger partial charge in [-0.15, -0.1) is 0 Å². The van der Waals surface area contributed by atoms with Crippen LogP contribution in [-0.4, -0.2) is 0 Å². The van der Waals surface area contributed by atoms with Crippen LogP contribution in [0.1, 0.15) is 27.8 Å². The van der Waals surface area contributed by atoms with E-state index in [1.54, 1.807) is 0 Å². The molecule has 0 nitrogen and oxygen atoms in total. The minimum atomic E-state index is 0.921. The Hall–Kier alpha value is -2.39. The van der Waals surface area contributed by atoms with Crippen molar-refractivity contribution in [3.8, 4) is 22.3 Å². The summed E-state index contributed by atoms with van der Waals surface area (Å²) in [6, 6.07) is 30.8. The van der Waals surface area contributed by atoms with Crippen LogP contribution in [0, 0.1) is 24.3 Å². The standard InChI is InChI=1S/C28H25I/c1-19-16-24(23-14-7-8-15-27(23)29)25(18-22-12-5-4-6-13-22)26(17-19)28-20(2)10-9-11-21(28)3/h4-17H,18H2,1-3H3. The van der Waals surface area contributed by atoms with Crippen molar-refractivity contribution >= 4 is 22.6 Å². The van der Waals surface area contributed by atoms with Crippen LogP contribution in [0.15, 0.2) is 84.9 Å². The fourth-order valence-corrected chi connectivity index (χ4v) is 4.87.